The van der Waals surface area contributed by atoms with Crippen molar-refractivity contribution in [2.75, 3.05) is 11.4 Å². The first-order valence-electron chi connectivity index (χ1n) is 11.9. The van der Waals surface area contributed by atoms with Gasteiger partial charge in [-0.05, 0) is 54.0 Å². The minimum Gasteiger partial charge on any atom is -0.335 e. The van der Waals surface area contributed by atoms with Crippen molar-refractivity contribution in [2.24, 2.45) is 7.05 Å². The topological polar surface area (TPSA) is 7.12 Å². The normalized spacial score (nSPS) is 15.2. The predicted octanol–water partition coefficient (Wildman–Crippen LogP) is 8.30. The van der Waals surface area contributed by atoms with Gasteiger partial charge in [-0.25, -0.2) is 0 Å². The molecule has 0 atom stereocenters. The number of rotatable bonds is 4. The van der Waals surface area contributed by atoms with Gasteiger partial charge < -0.3 is 4.90 Å². The Kier molecular flexibility index (Phi) is 5.43. The van der Waals surface area contributed by atoms with Crippen molar-refractivity contribution < 1.29 is 4.57 Å². The number of thioether (sulfide) groups is 1. The molecule has 0 unspecified atom stereocenters. The third-order valence-corrected chi connectivity index (χ3v) is 8.95. The highest BCUT2D eigenvalue weighted by molar-refractivity contribution is 8.03. The van der Waals surface area contributed by atoms with Crippen LogP contribution < -0.4 is 9.47 Å². The van der Waals surface area contributed by atoms with Crippen LogP contribution in [0.3, 0.4) is 0 Å². The maximum Gasteiger partial charge on any atom is 0.262 e. The number of aryl methyl sites for hydroxylation is 1. The van der Waals surface area contributed by atoms with Crippen molar-refractivity contribution in [3.8, 4) is 0 Å². The molecule has 0 aliphatic carbocycles. The maximum absolute atomic E-state index is 2.48. The molecule has 0 spiro atoms. The summed E-state index contributed by atoms with van der Waals surface area (Å²) >= 11 is 3.76. The van der Waals surface area contributed by atoms with Gasteiger partial charge in [-0.2, -0.15) is 4.57 Å². The molecule has 6 rings (SSSR count). The van der Waals surface area contributed by atoms with E-state index in [1.807, 2.05) is 23.1 Å². The van der Waals surface area contributed by atoms with Gasteiger partial charge >= 0.3 is 0 Å². The number of hydrogen-bond donors (Lipinski definition) is 0. The monoisotopic (exact) mass is 479 g/mol. The van der Waals surface area contributed by atoms with Crippen LogP contribution in [0.1, 0.15) is 25.3 Å². The van der Waals surface area contributed by atoms with E-state index in [0.717, 1.165) is 13.0 Å². The summed E-state index contributed by atoms with van der Waals surface area (Å²) in [4.78, 5) is 3.82. The Morgan fingerprint density at radius 2 is 1.59 bits per heavy atom. The van der Waals surface area contributed by atoms with Crippen LogP contribution in [0.15, 0.2) is 94.4 Å². The highest BCUT2D eigenvalue weighted by Crippen LogP contribution is 2.49. The molecule has 4 aromatic carbocycles. The van der Waals surface area contributed by atoms with Crippen LogP contribution in [0.25, 0.3) is 37.8 Å². The number of hydrogen-bond acceptors (Lipinski definition) is 3. The molecular weight excluding hydrogens is 452 g/mol. The van der Waals surface area contributed by atoms with Gasteiger partial charge in [0.2, 0.25) is 5.52 Å². The van der Waals surface area contributed by atoms with Gasteiger partial charge in [0.15, 0.2) is 0 Å². The molecule has 1 aliphatic heterocycles. The summed E-state index contributed by atoms with van der Waals surface area (Å²) < 4.78 is 3.69. The Morgan fingerprint density at radius 1 is 0.882 bits per heavy atom. The van der Waals surface area contributed by atoms with Crippen molar-refractivity contribution >= 4 is 66.6 Å². The fraction of sp³-hybridized carbons (Fsp3) is 0.167. The molecule has 0 saturated carbocycles. The summed E-state index contributed by atoms with van der Waals surface area (Å²) in [6.45, 7) is 5.46. The van der Waals surface area contributed by atoms with Gasteiger partial charge in [0.1, 0.15) is 11.7 Å². The van der Waals surface area contributed by atoms with E-state index in [1.54, 1.807) is 0 Å². The number of benzene rings is 4. The van der Waals surface area contributed by atoms with Crippen molar-refractivity contribution in [1.82, 2.24) is 0 Å². The van der Waals surface area contributed by atoms with Gasteiger partial charge in [0, 0.05) is 22.9 Å². The lowest BCUT2D eigenvalue weighted by Gasteiger charge is -2.20. The van der Waals surface area contributed by atoms with E-state index in [1.165, 1.54) is 58.0 Å². The smallest absolute Gasteiger partial charge is 0.262 e. The number of fused-ring (bicyclic) bond motifs is 6. The molecule has 2 heterocycles. The van der Waals surface area contributed by atoms with Gasteiger partial charge in [0.25, 0.3) is 5.01 Å². The zero-order valence-corrected chi connectivity index (χ0v) is 21.3. The molecular formula is C30H27N2S2+. The molecule has 0 radical (unpaired) electrons. The SMILES string of the molecule is CCC(/C=C1\Sc2ccc3ccccc3c2N1CC)=C\c1sc2ccc3ccccc3c2[n+]1C. The quantitative estimate of drug-likeness (QED) is 0.239. The highest BCUT2D eigenvalue weighted by Gasteiger charge is 2.26. The minimum atomic E-state index is 0.958. The summed E-state index contributed by atoms with van der Waals surface area (Å²) in [5.41, 5.74) is 4.03. The van der Waals surface area contributed by atoms with Crippen LogP contribution in [-0.4, -0.2) is 6.54 Å². The van der Waals surface area contributed by atoms with Gasteiger partial charge in [0.05, 0.1) is 16.1 Å². The molecule has 168 valence electrons. The Bertz CT molecular complexity index is 1620. The van der Waals surface area contributed by atoms with E-state index in [0.29, 0.717) is 0 Å². The van der Waals surface area contributed by atoms with E-state index >= 15 is 0 Å². The average molecular weight is 480 g/mol. The number of allylic oxidation sites excluding steroid dienone is 2. The fourth-order valence-corrected chi connectivity index (χ4v) is 7.30. The van der Waals surface area contributed by atoms with Crippen molar-refractivity contribution in [3.05, 3.63) is 94.5 Å². The number of anilines is 1. The van der Waals surface area contributed by atoms with Crippen LogP contribution in [0, 0.1) is 0 Å². The highest BCUT2D eigenvalue weighted by atomic mass is 32.2. The van der Waals surface area contributed by atoms with Crippen molar-refractivity contribution in [2.45, 2.75) is 25.2 Å². The Morgan fingerprint density at radius 3 is 2.35 bits per heavy atom. The molecule has 0 N–H and O–H groups in total. The fourth-order valence-electron chi connectivity index (χ4n) is 4.94. The first kappa shape index (κ1) is 21.5. The van der Waals surface area contributed by atoms with E-state index in [-0.39, 0.29) is 0 Å². The lowest BCUT2D eigenvalue weighted by Crippen LogP contribution is -2.29. The largest absolute Gasteiger partial charge is 0.335 e. The molecule has 0 bridgehead atoms. The first-order valence-corrected chi connectivity index (χ1v) is 13.5. The summed E-state index contributed by atoms with van der Waals surface area (Å²) in [6.07, 6.45) is 5.76. The Labute approximate surface area is 208 Å². The van der Waals surface area contributed by atoms with E-state index in [2.05, 4.69) is 115 Å². The lowest BCUT2D eigenvalue weighted by molar-refractivity contribution is -0.641. The summed E-state index contributed by atoms with van der Waals surface area (Å²) in [5, 5.41) is 7.86. The third kappa shape index (κ3) is 3.44. The number of nitrogens with zero attached hydrogens (tertiary/aromatic N) is 2. The van der Waals surface area contributed by atoms with E-state index in [9.17, 15) is 0 Å². The van der Waals surface area contributed by atoms with Gasteiger partial charge in [-0.3, -0.25) is 0 Å². The van der Waals surface area contributed by atoms with Crippen LogP contribution in [0.5, 0.6) is 0 Å². The molecule has 1 aromatic heterocycles. The molecule has 5 aromatic rings. The van der Waals surface area contributed by atoms with Crippen LogP contribution in [0.4, 0.5) is 5.69 Å². The molecule has 34 heavy (non-hydrogen) atoms. The molecule has 1 aliphatic rings. The van der Waals surface area contributed by atoms with E-state index < -0.39 is 0 Å². The Hall–Kier alpha value is -3.08. The summed E-state index contributed by atoms with van der Waals surface area (Å²) in [6, 6.07) is 26.4. The molecule has 0 saturated heterocycles. The second kappa shape index (κ2) is 8.61. The minimum absolute atomic E-state index is 0.958. The van der Waals surface area contributed by atoms with Crippen LogP contribution in [0.2, 0.25) is 0 Å². The summed E-state index contributed by atoms with van der Waals surface area (Å²) in [7, 11) is 2.20. The zero-order chi connectivity index (χ0) is 23.2. The molecule has 0 amide bonds. The second-order valence-corrected chi connectivity index (χ2v) is 10.8. The Balaban J connectivity index is 1.44. The predicted molar refractivity (Wildman–Crippen MR) is 150 cm³/mol. The lowest BCUT2D eigenvalue weighted by atomic mass is 10.1. The maximum atomic E-state index is 2.48. The summed E-state index contributed by atoms with van der Waals surface area (Å²) in [5.74, 6) is 0. The van der Waals surface area contributed by atoms with Crippen molar-refractivity contribution in [1.29, 1.82) is 0 Å². The number of thiazole rings is 1. The van der Waals surface area contributed by atoms with Crippen LogP contribution >= 0.6 is 23.1 Å². The molecule has 0 fully saturated rings. The average Bonchev–Trinajstić information content (AvgIpc) is 3.40. The molecule has 4 heteroatoms. The third-order valence-electron chi connectivity index (χ3n) is 6.70. The second-order valence-electron chi connectivity index (χ2n) is 8.67. The van der Waals surface area contributed by atoms with Crippen LogP contribution in [-0.2, 0) is 7.05 Å². The van der Waals surface area contributed by atoms with E-state index in [4.69, 9.17) is 0 Å². The van der Waals surface area contributed by atoms with Crippen molar-refractivity contribution in [3.63, 3.8) is 0 Å². The first-order chi connectivity index (χ1) is 16.7. The number of aromatic nitrogens is 1. The van der Waals surface area contributed by atoms with Gasteiger partial charge in [-0.15, -0.1) is 0 Å². The zero-order valence-electron chi connectivity index (χ0n) is 19.7. The van der Waals surface area contributed by atoms with Gasteiger partial charge in [-0.1, -0.05) is 84.6 Å². The molecule has 2 nitrogen and oxygen atoms in total. The standard InChI is InChI=1S/C30H27N2S2/c1-4-20(18-27-31(3)29-23-12-8-6-10-21(23)14-16-25(29)33-27)19-28-32(5-2)30-24-13-9-7-11-22(24)15-17-26(30)34-28/h6-19H,4-5H2,1-3H3/q+1.